The van der Waals surface area contributed by atoms with Crippen molar-refractivity contribution in [3.63, 3.8) is 0 Å². The van der Waals surface area contributed by atoms with Gasteiger partial charge < -0.3 is 4.79 Å². The van der Waals surface area contributed by atoms with Gasteiger partial charge in [0.25, 0.3) is 0 Å². The Kier molecular flexibility index (Phi) is 6.39. The lowest BCUT2D eigenvalue weighted by Crippen LogP contribution is -1.95. The summed E-state index contributed by atoms with van der Waals surface area (Å²) in [4.78, 5) is 10.3. The zero-order valence-electron chi connectivity index (χ0n) is 5.77. The maximum absolute atomic E-state index is 10.3. The predicted octanol–water partition coefficient (Wildman–Crippen LogP) is 1.83. The van der Waals surface area contributed by atoms with E-state index in [1.165, 1.54) is 0 Å². The average Bonchev–Trinajstić information content (AvgIpc) is 1.27. The fourth-order valence-electron chi connectivity index (χ4n) is 0.575. The summed E-state index contributed by atoms with van der Waals surface area (Å²) in [7, 11) is 0. The third-order valence-electron chi connectivity index (χ3n) is 0.696. The molecular formula is C7H13O. The molecule has 1 nitrogen and oxygen atoms in total. The van der Waals surface area contributed by atoms with Crippen molar-refractivity contribution in [1.29, 1.82) is 0 Å². The number of hydrogen-bond acceptors (Lipinski definition) is 1. The first-order chi connectivity index (χ1) is 3.13. The Balaban J connectivity index is 0. The van der Waals surface area contributed by atoms with E-state index in [1.807, 2.05) is 13.8 Å². The van der Waals surface area contributed by atoms with E-state index < -0.39 is 0 Å². The van der Waals surface area contributed by atoms with Crippen LogP contribution >= 0.6 is 0 Å². The normalized spacial score (nSPS) is 8.50. The van der Waals surface area contributed by atoms with Crippen LogP contribution in [-0.4, -0.2) is 5.78 Å². The number of Topliss-reactive ketones (excluding diaryl/α,β-unsaturated/α-hetero) is 1. The molecule has 0 bridgehead atoms. The molecule has 0 saturated heterocycles. The number of hydrogen-bond donors (Lipinski definition) is 0. The molecule has 3 radical (unpaired) electrons. The molecule has 0 aromatic rings. The largest absolute Gasteiger partial charge is 0.300 e. The highest BCUT2D eigenvalue weighted by atomic mass is 16.1. The molecule has 0 aromatic heterocycles. The molecule has 0 heterocycles. The molecule has 0 unspecified atom stereocenters. The van der Waals surface area contributed by atoms with E-state index in [0.29, 0.717) is 5.92 Å². The van der Waals surface area contributed by atoms with Crippen molar-refractivity contribution in [3.05, 3.63) is 7.43 Å². The van der Waals surface area contributed by atoms with Gasteiger partial charge in [-0.15, -0.1) is 0 Å². The summed E-state index contributed by atoms with van der Waals surface area (Å²) in [5, 5.41) is 0. The van der Waals surface area contributed by atoms with Crippen molar-refractivity contribution in [3.8, 4) is 0 Å². The fraction of sp³-hybridized carbons (Fsp3) is 0.714. The van der Waals surface area contributed by atoms with Crippen LogP contribution in [0.1, 0.15) is 27.2 Å². The van der Waals surface area contributed by atoms with Gasteiger partial charge >= 0.3 is 0 Å². The van der Waals surface area contributed by atoms with E-state index in [4.69, 9.17) is 0 Å². The highest BCUT2D eigenvalue weighted by molar-refractivity contribution is 5.75. The number of ketones is 1. The minimum absolute atomic E-state index is 0. The maximum Gasteiger partial charge on any atom is 0.130 e. The average molecular weight is 113 g/mol. The lowest BCUT2D eigenvalue weighted by molar-refractivity contribution is -0.117. The first kappa shape index (κ1) is 10.6. The van der Waals surface area contributed by atoms with Gasteiger partial charge in [-0.2, -0.15) is 0 Å². The first-order valence-electron chi connectivity index (χ1n) is 2.62. The number of rotatable bonds is 2. The standard InChI is InChI=1S/C6H12O.CH/c1-5(2)4-6(3)7;/h5H,4H2,1-3H3;1H. The smallest absolute Gasteiger partial charge is 0.130 e. The van der Waals surface area contributed by atoms with E-state index in [-0.39, 0.29) is 13.2 Å². The summed E-state index contributed by atoms with van der Waals surface area (Å²) >= 11 is 0. The second kappa shape index (κ2) is 4.82. The van der Waals surface area contributed by atoms with Crippen LogP contribution in [0.4, 0.5) is 0 Å². The molecule has 0 N–H and O–H groups in total. The highest BCUT2D eigenvalue weighted by Gasteiger charge is 1.95. The van der Waals surface area contributed by atoms with Crippen molar-refractivity contribution < 1.29 is 4.79 Å². The van der Waals surface area contributed by atoms with E-state index in [9.17, 15) is 4.79 Å². The third kappa shape index (κ3) is 9.18. The van der Waals surface area contributed by atoms with Crippen LogP contribution in [0.5, 0.6) is 0 Å². The minimum Gasteiger partial charge on any atom is -0.300 e. The van der Waals surface area contributed by atoms with Crippen molar-refractivity contribution in [2.45, 2.75) is 27.2 Å². The summed E-state index contributed by atoms with van der Waals surface area (Å²) in [5.41, 5.74) is 0. The van der Waals surface area contributed by atoms with Gasteiger partial charge in [0.15, 0.2) is 0 Å². The zero-order chi connectivity index (χ0) is 5.86. The van der Waals surface area contributed by atoms with Gasteiger partial charge in [0.05, 0.1) is 0 Å². The topological polar surface area (TPSA) is 17.1 Å². The molecule has 1 heteroatoms. The Morgan fingerprint density at radius 2 is 1.88 bits per heavy atom. The molecule has 0 aliphatic heterocycles. The van der Waals surface area contributed by atoms with Gasteiger partial charge in [-0.05, 0) is 20.3 Å². The van der Waals surface area contributed by atoms with Crippen molar-refractivity contribution in [1.82, 2.24) is 0 Å². The molecule has 8 heavy (non-hydrogen) atoms. The molecule has 0 aliphatic rings. The quantitative estimate of drug-likeness (QED) is 0.534. The SMILES string of the molecule is CC(=O)CC(C)C.[CH]. The van der Waals surface area contributed by atoms with Gasteiger partial charge in [0, 0.05) is 6.42 Å². The Hall–Kier alpha value is -0.330. The van der Waals surface area contributed by atoms with Gasteiger partial charge in [0.2, 0.25) is 0 Å². The lowest BCUT2D eigenvalue weighted by atomic mass is 10.1. The van der Waals surface area contributed by atoms with E-state index >= 15 is 0 Å². The van der Waals surface area contributed by atoms with Crippen LogP contribution in [0.3, 0.4) is 0 Å². The lowest BCUT2D eigenvalue weighted by Gasteiger charge is -1.95. The zero-order valence-corrected chi connectivity index (χ0v) is 5.77. The molecule has 0 aromatic carbocycles. The molecule has 47 valence electrons. The van der Waals surface area contributed by atoms with Crippen LogP contribution in [0.15, 0.2) is 0 Å². The van der Waals surface area contributed by atoms with Crippen molar-refractivity contribution >= 4 is 5.78 Å². The van der Waals surface area contributed by atoms with Crippen LogP contribution in [0, 0.1) is 13.3 Å². The molecule has 0 saturated carbocycles. The van der Waals surface area contributed by atoms with Crippen LogP contribution in [0.25, 0.3) is 0 Å². The highest BCUT2D eigenvalue weighted by Crippen LogP contribution is 1.97. The van der Waals surface area contributed by atoms with E-state index in [1.54, 1.807) is 6.92 Å². The Bertz CT molecular complexity index is 64.8. The number of carbonyl (C=O) groups excluding carboxylic acids is 1. The second-order valence-electron chi connectivity index (χ2n) is 2.30. The Morgan fingerprint density at radius 3 is 1.88 bits per heavy atom. The Labute approximate surface area is 52.1 Å². The minimum atomic E-state index is 0. The Morgan fingerprint density at radius 1 is 1.50 bits per heavy atom. The van der Waals surface area contributed by atoms with Gasteiger partial charge in [-0.3, -0.25) is 0 Å². The van der Waals surface area contributed by atoms with Gasteiger partial charge in [0.1, 0.15) is 5.78 Å². The van der Waals surface area contributed by atoms with E-state index in [2.05, 4.69) is 0 Å². The molecule has 0 atom stereocenters. The first-order valence-corrected chi connectivity index (χ1v) is 2.62. The van der Waals surface area contributed by atoms with Crippen LogP contribution in [0.2, 0.25) is 0 Å². The summed E-state index contributed by atoms with van der Waals surface area (Å²) in [5.74, 6) is 0.813. The van der Waals surface area contributed by atoms with Crippen LogP contribution in [-0.2, 0) is 4.79 Å². The molecule has 0 spiro atoms. The van der Waals surface area contributed by atoms with Crippen molar-refractivity contribution in [2.75, 3.05) is 0 Å². The maximum atomic E-state index is 10.3. The molecular weight excluding hydrogens is 100 g/mol. The van der Waals surface area contributed by atoms with Crippen LogP contribution < -0.4 is 0 Å². The molecule has 0 amide bonds. The fourth-order valence-corrected chi connectivity index (χ4v) is 0.575. The summed E-state index contributed by atoms with van der Waals surface area (Å²) in [6.07, 6.45) is 0.722. The molecule has 0 aliphatic carbocycles. The van der Waals surface area contributed by atoms with E-state index in [0.717, 1.165) is 6.42 Å². The van der Waals surface area contributed by atoms with Gasteiger partial charge in [-0.25, -0.2) is 0 Å². The summed E-state index contributed by atoms with van der Waals surface area (Å²) < 4.78 is 0. The second-order valence-corrected chi connectivity index (χ2v) is 2.30. The monoisotopic (exact) mass is 113 g/mol. The van der Waals surface area contributed by atoms with Gasteiger partial charge in [-0.1, -0.05) is 13.8 Å². The summed E-state index contributed by atoms with van der Waals surface area (Å²) in [6.45, 7) is 5.71. The predicted molar refractivity (Wildman–Crippen MR) is 34.4 cm³/mol. The van der Waals surface area contributed by atoms with Crippen molar-refractivity contribution in [2.24, 2.45) is 5.92 Å². The molecule has 0 fully saturated rings. The number of carbonyl (C=O) groups is 1. The summed E-state index contributed by atoms with van der Waals surface area (Å²) in [6, 6.07) is 0. The molecule has 0 rings (SSSR count). The third-order valence-corrected chi connectivity index (χ3v) is 0.696.